The Labute approximate surface area is 151 Å². The number of methoxy groups -OCH3 is 1. The zero-order valence-electron chi connectivity index (χ0n) is 14.8. The normalized spacial score (nSPS) is 13.6. The van der Waals surface area contributed by atoms with Crippen LogP contribution in [0.15, 0.2) is 42.5 Å². The van der Waals surface area contributed by atoms with Gasteiger partial charge in [-0.15, -0.1) is 0 Å². The van der Waals surface area contributed by atoms with E-state index >= 15 is 0 Å². The molecule has 2 heterocycles. The fourth-order valence-electron chi connectivity index (χ4n) is 3.51. The zero-order valence-corrected chi connectivity index (χ0v) is 14.8. The number of hydrogen-bond donors (Lipinski definition) is 0. The summed E-state index contributed by atoms with van der Waals surface area (Å²) in [7, 11) is 1.64. The van der Waals surface area contributed by atoms with Crippen molar-refractivity contribution in [3.8, 4) is 5.75 Å². The number of rotatable bonds is 2. The number of pyridine rings is 1. The minimum Gasteiger partial charge on any atom is -0.497 e. The van der Waals surface area contributed by atoms with E-state index in [1.165, 1.54) is 12.1 Å². The molecule has 1 aliphatic rings. The van der Waals surface area contributed by atoms with Gasteiger partial charge in [-0.05, 0) is 61.7 Å². The molecular formula is C21H19FN2O2. The van der Waals surface area contributed by atoms with Gasteiger partial charge < -0.3 is 9.64 Å². The summed E-state index contributed by atoms with van der Waals surface area (Å²) in [5, 5.41) is 0.757. The lowest BCUT2D eigenvalue weighted by Crippen LogP contribution is -2.36. The third-order valence-corrected chi connectivity index (χ3v) is 4.85. The summed E-state index contributed by atoms with van der Waals surface area (Å²) in [4.78, 5) is 19.5. The average molecular weight is 350 g/mol. The van der Waals surface area contributed by atoms with Crippen LogP contribution < -0.4 is 9.64 Å². The van der Waals surface area contributed by atoms with E-state index < -0.39 is 0 Å². The maximum atomic E-state index is 13.4. The molecule has 0 atom stereocenters. The van der Waals surface area contributed by atoms with Crippen LogP contribution in [0.2, 0.25) is 0 Å². The molecule has 132 valence electrons. The molecule has 0 aliphatic carbocycles. The largest absolute Gasteiger partial charge is 0.497 e. The van der Waals surface area contributed by atoms with Gasteiger partial charge in [0.2, 0.25) is 0 Å². The molecule has 0 bridgehead atoms. The first-order valence-corrected chi connectivity index (χ1v) is 8.62. The van der Waals surface area contributed by atoms with Crippen LogP contribution in [-0.4, -0.2) is 24.5 Å². The topological polar surface area (TPSA) is 42.4 Å². The van der Waals surface area contributed by atoms with Crippen LogP contribution in [0.5, 0.6) is 5.75 Å². The van der Waals surface area contributed by atoms with E-state index in [1.807, 2.05) is 18.2 Å². The molecule has 0 fully saturated rings. The molecule has 5 heteroatoms. The predicted molar refractivity (Wildman–Crippen MR) is 99.4 cm³/mol. The van der Waals surface area contributed by atoms with Gasteiger partial charge in [-0.1, -0.05) is 0 Å². The van der Waals surface area contributed by atoms with Gasteiger partial charge in [-0.25, -0.2) is 4.39 Å². The van der Waals surface area contributed by atoms with Crippen molar-refractivity contribution in [1.29, 1.82) is 0 Å². The summed E-state index contributed by atoms with van der Waals surface area (Å²) < 4.78 is 18.7. The Balaban J connectivity index is 1.76. The lowest BCUT2D eigenvalue weighted by atomic mass is 9.99. The van der Waals surface area contributed by atoms with Gasteiger partial charge in [0.05, 0.1) is 23.9 Å². The highest BCUT2D eigenvalue weighted by Gasteiger charge is 2.25. The summed E-state index contributed by atoms with van der Waals surface area (Å²) in [6, 6.07) is 12.0. The van der Waals surface area contributed by atoms with Gasteiger partial charge >= 0.3 is 0 Å². The van der Waals surface area contributed by atoms with Gasteiger partial charge in [-0.3, -0.25) is 9.78 Å². The SMILES string of the molecule is COc1ccc2c(c1)CCCN2C(=O)c1cc2ccc(F)cc2nc1C. The van der Waals surface area contributed by atoms with Crippen LogP contribution in [0, 0.1) is 12.7 Å². The molecule has 2 aromatic carbocycles. The molecule has 0 saturated heterocycles. The standard InChI is InChI=1S/C21H19FN2O2/c1-13-18(11-14-5-6-16(22)12-19(14)23-13)21(25)24-9-3-4-15-10-17(26-2)7-8-20(15)24/h5-8,10-12H,3-4,9H2,1-2H3. The lowest BCUT2D eigenvalue weighted by molar-refractivity contribution is 0.0984. The van der Waals surface area contributed by atoms with Crippen molar-refractivity contribution in [2.24, 2.45) is 0 Å². The minimum atomic E-state index is -0.331. The second-order valence-electron chi connectivity index (χ2n) is 6.51. The van der Waals surface area contributed by atoms with E-state index in [0.29, 0.717) is 23.3 Å². The molecule has 0 spiro atoms. The third-order valence-electron chi connectivity index (χ3n) is 4.85. The van der Waals surface area contributed by atoms with Gasteiger partial charge in [0.15, 0.2) is 0 Å². The third kappa shape index (κ3) is 2.79. The molecule has 4 nitrogen and oxygen atoms in total. The molecule has 0 unspecified atom stereocenters. The zero-order chi connectivity index (χ0) is 18.3. The number of ether oxygens (including phenoxy) is 1. The fourth-order valence-corrected chi connectivity index (χ4v) is 3.51. The smallest absolute Gasteiger partial charge is 0.260 e. The molecule has 0 N–H and O–H groups in total. The number of benzene rings is 2. The van der Waals surface area contributed by atoms with Crippen LogP contribution in [0.25, 0.3) is 10.9 Å². The first-order chi connectivity index (χ1) is 12.6. The molecular weight excluding hydrogens is 331 g/mol. The van der Waals surface area contributed by atoms with Gasteiger partial charge in [0, 0.05) is 23.7 Å². The number of fused-ring (bicyclic) bond motifs is 2. The molecule has 0 saturated carbocycles. The minimum absolute atomic E-state index is 0.0765. The number of aryl methyl sites for hydroxylation is 2. The van der Waals surface area contributed by atoms with Crippen molar-refractivity contribution in [2.75, 3.05) is 18.6 Å². The Hall–Kier alpha value is -2.95. The van der Waals surface area contributed by atoms with Crippen molar-refractivity contribution in [3.63, 3.8) is 0 Å². The second-order valence-corrected chi connectivity index (χ2v) is 6.51. The predicted octanol–water partition coefficient (Wildman–Crippen LogP) is 4.28. The van der Waals surface area contributed by atoms with E-state index in [-0.39, 0.29) is 11.7 Å². The Morgan fingerprint density at radius 3 is 2.85 bits per heavy atom. The number of aromatic nitrogens is 1. The molecule has 0 radical (unpaired) electrons. The van der Waals surface area contributed by atoms with Crippen LogP contribution >= 0.6 is 0 Å². The molecule has 1 amide bonds. The number of hydrogen-bond acceptors (Lipinski definition) is 3. The van der Waals surface area contributed by atoms with Crippen LogP contribution in [0.3, 0.4) is 0 Å². The molecule has 3 aromatic rings. The summed E-state index contributed by atoms with van der Waals surface area (Å²) in [6.07, 6.45) is 1.82. The summed E-state index contributed by atoms with van der Waals surface area (Å²) in [5.74, 6) is 0.387. The lowest BCUT2D eigenvalue weighted by Gasteiger charge is -2.30. The number of carbonyl (C=O) groups is 1. The van der Waals surface area contributed by atoms with Gasteiger partial charge in [0.25, 0.3) is 5.91 Å². The Bertz CT molecular complexity index is 1020. The van der Waals surface area contributed by atoms with Crippen molar-refractivity contribution in [2.45, 2.75) is 19.8 Å². The van der Waals surface area contributed by atoms with Crippen molar-refractivity contribution in [1.82, 2.24) is 4.98 Å². The van der Waals surface area contributed by atoms with E-state index in [0.717, 1.165) is 35.2 Å². The molecule has 1 aromatic heterocycles. The van der Waals surface area contributed by atoms with E-state index in [9.17, 15) is 9.18 Å². The van der Waals surface area contributed by atoms with E-state index in [1.54, 1.807) is 31.1 Å². The fraction of sp³-hybridized carbons (Fsp3) is 0.238. The van der Waals surface area contributed by atoms with Crippen molar-refractivity contribution in [3.05, 3.63) is 65.1 Å². The highest BCUT2D eigenvalue weighted by molar-refractivity contribution is 6.09. The van der Waals surface area contributed by atoms with E-state index in [2.05, 4.69) is 4.98 Å². The number of anilines is 1. The monoisotopic (exact) mass is 350 g/mol. The molecule has 4 rings (SSSR count). The number of carbonyl (C=O) groups excluding carboxylic acids is 1. The highest BCUT2D eigenvalue weighted by atomic mass is 19.1. The number of nitrogens with zero attached hydrogens (tertiary/aromatic N) is 2. The maximum Gasteiger partial charge on any atom is 0.260 e. The first-order valence-electron chi connectivity index (χ1n) is 8.62. The molecule has 1 aliphatic heterocycles. The summed E-state index contributed by atoms with van der Waals surface area (Å²) in [6.45, 7) is 2.45. The Kier molecular flexibility index (Phi) is 4.07. The Morgan fingerprint density at radius 2 is 2.04 bits per heavy atom. The van der Waals surface area contributed by atoms with Crippen LogP contribution in [-0.2, 0) is 6.42 Å². The van der Waals surface area contributed by atoms with Crippen LogP contribution in [0.4, 0.5) is 10.1 Å². The summed E-state index contributed by atoms with van der Waals surface area (Å²) >= 11 is 0. The van der Waals surface area contributed by atoms with Crippen molar-refractivity contribution >= 4 is 22.5 Å². The number of halogens is 1. The first kappa shape index (κ1) is 16.5. The van der Waals surface area contributed by atoms with E-state index in [4.69, 9.17) is 4.74 Å². The second kappa shape index (κ2) is 6.41. The van der Waals surface area contributed by atoms with Crippen molar-refractivity contribution < 1.29 is 13.9 Å². The quantitative estimate of drug-likeness (QED) is 0.693. The summed E-state index contributed by atoms with van der Waals surface area (Å²) in [5.41, 5.74) is 3.74. The van der Waals surface area contributed by atoms with Gasteiger partial charge in [0.1, 0.15) is 11.6 Å². The molecule has 26 heavy (non-hydrogen) atoms. The average Bonchev–Trinajstić information content (AvgIpc) is 2.65. The van der Waals surface area contributed by atoms with Crippen LogP contribution in [0.1, 0.15) is 28.0 Å². The number of amides is 1. The maximum absolute atomic E-state index is 13.4. The highest BCUT2D eigenvalue weighted by Crippen LogP contribution is 2.32. The van der Waals surface area contributed by atoms with Gasteiger partial charge in [-0.2, -0.15) is 0 Å². The Morgan fingerprint density at radius 1 is 1.19 bits per heavy atom.